The monoisotopic (exact) mass is 512 g/mol. The van der Waals surface area contributed by atoms with Crippen molar-refractivity contribution in [3.05, 3.63) is 101 Å². The van der Waals surface area contributed by atoms with Crippen LogP contribution in [0.5, 0.6) is 0 Å². The van der Waals surface area contributed by atoms with E-state index in [1.807, 2.05) is 60.7 Å². The number of carbonyl (C=O) groups is 3. The van der Waals surface area contributed by atoms with Gasteiger partial charge in [-0.15, -0.1) is 0 Å². The van der Waals surface area contributed by atoms with Crippen LogP contribution >= 0.6 is 11.6 Å². The van der Waals surface area contributed by atoms with Crippen LogP contribution in [-0.2, 0) is 14.4 Å². The summed E-state index contributed by atoms with van der Waals surface area (Å²) in [6, 6.07) is 23.5. The number of rotatable bonds is 5. The third-order valence-electron chi connectivity index (χ3n) is 6.70. The summed E-state index contributed by atoms with van der Waals surface area (Å²) in [4.78, 5) is 40.9. The van der Waals surface area contributed by atoms with Crippen LogP contribution in [0.1, 0.15) is 23.6 Å². The molecule has 3 aromatic carbocycles. The summed E-state index contributed by atoms with van der Waals surface area (Å²) in [6.45, 7) is -0.243. The number of halogens is 1. The molecule has 3 atom stereocenters. The summed E-state index contributed by atoms with van der Waals surface area (Å²) in [5.41, 5.74) is 3.09. The largest absolute Gasteiger partial charge is 0.271 e. The number of hydrogen-bond acceptors (Lipinski definition) is 7. The fourth-order valence-electron chi connectivity index (χ4n) is 4.89. The van der Waals surface area contributed by atoms with E-state index in [2.05, 4.69) is 15.4 Å². The fraction of sp³-hybridized carbons (Fsp3) is 0.185. The Morgan fingerprint density at radius 2 is 1.57 bits per heavy atom. The maximum Gasteiger partial charge on any atom is 0.264 e. The highest BCUT2D eigenvalue weighted by atomic mass is 35.5. The Kier molecular flexibility index (Phi) is 5.77. The molecule has 1 fully saturated rings. The second kappa shape index (κ2) is 9.25. The Labute approximate surface area is 217 Å². The van der Waals surface area contributed by atoms with Crippen LogP contribution < -0.4 is 4.90 Å². The molecule has 3 aliphatic heterocycles. The Balaban J connectivity index is 1.25. The summed E-state index contributed by atoms with van der Waals surface area (Å²) in [5.74, 6) is -1.31. The summed E-state index contributed by atoms with van der Waals surface area (Å²) >= 11 is 5.95. The SMILES string of the molecule is O=C1[C@@H]2[C@@H](N=NN2CC(=O)N2N=C(c3ccccc3)C[C@H]2c2ccccc2)C(=O)N1c1ccc(Cl)cc1. The molecule has 0 unspecified atom stereocenters. The zero-order chi connectivity index (χ0) is 25.5. The van der Waals surface area contributed by atoms with Gasteiger partial charge >= 0.3 is 0 Å². The second-order valence-corrected chi connectivity index (χ2v) is 9.40. The van der Waals surface area contributed by atoms with E-state index in [1.54, 1.807) is 24.3 Å². The number of carbonyl (C=O) groups excluding carboxylic acids is 3. The molecule has 0 aromatic heterocycles. The average Bonchev–Trinajstić information content (AvgIpc) is 3.61. The summed E-state index contributed by atoms with van der Waals surface area (Å²) in [7, 11) is 0. The minimum absolute atomic E-state index is 0.243. The molecule has 3 aliphatic rings. The maximum absolute atomic E-state index is 13.6. The highest BCUT2D eigenvalue weighted by Crippen LogP contribution is 2.35. The first-order valence-electron chi connectivity index (χ1n) is 11.8. The van der Waals surface area contributed by atoms with Gasteiger partial charge in [0.1, 0.15) is 6.54 Å². The van der Waals surface area contributed by atoms with Crippen molar-refractivity contribution in [1.82, 2.24) is 10.0 Å². The number of anilines is 1. The molecule has 1 saturated heterocycles. The number of amides is 3. The summed E-state index contributed by atoms with van der Waals surface area (Å²) in [6.07, 6.45) is 0.551. The molecule has 3 heterocycles. The molecule has 3 amide bonds. The molecule has 0 N–H and O–H groups in total. The fourth-order valence-corrected chi connectivity index (χ4v) is 5.02. The lowest BCUT2D eigenvalue weighted by atomic mass is 9.98. The molecule has 37 heavy (non-hydrogen) atoms. The number of hydrazone groups is 1. The van der Waals surface area contributed by atoms with E-state index >= 15 is 0 Å². The van der Waals surface area contributed by atoms with Gasteiger partial charge in [-0.1, -0.05) is 77.5 Å². The summed E-state index contributed by atoms with van der Waals surface area (Å²) < 4.78 is 0. The Morgan fingerprint density at radius 1 is 0.892 bits per heavy atom. The van der Waals surface area contributed by atoms with Crippen LogP contribution in [0.25, 0.3) is 0 Å². The molecule has 0 saturated carbocycles. The van der Waals surface area contributed by atoms with E-state index in [0.717, 1.165) is 21.7 Å². The van der Waals surface area contributed by atoms with Crippen molar-refractivity contribution < 1.29 is 14.4 Å². The zero-order valence-corrected chi connectivity index (χ0v) is 20.3. The van der Waals surface area contributed by atoms with Gasteiger partial charge in [0.2, 0.25) is 0 Å². The quantitative estimate of drug-likeness (QED) is 0.482. The van der Waals surface area contributed by atoms with Gasteiger partial charge in [0, 0.05) is 11.4 Å². The van der Waals surface area contributed by atoms with Crippen molar-refractivity contribution in [3.8, 4) is 0 Å². The lowest BCUT2D eigenvalue weighted by Crippen LogP contribution is -2.44. The number of imide groups is 1. The van der Waals surface area contributed by atoms with Crippen LogP contribution in [0.2, 0.25) is 5.02 Å². The first kappa shape index (κ1) is 23.1. The molecule has 6 rings (SSSR count). The van der Waals surface area contributed by atoms with Gasteiger partial charge in [0.25, 0.3) is 17.7 Å². The van der Waals surface area contributed by atoms with Crippen LogP contribution in [0.3, 0.4) is 0 Å². The van der Waals surface area contributed by atoms with Gasteiger partial charge in [-0.05, 0) is 35.4 Å². The van der Waals surface area contributed by atoms with Crippen molar-refractivity contribution in [3.63, 3.8) is 0 Å². The Hall–Kier alpha value is -4.37. The normalized spacial score (nSPS) is 22.6. The Morgan fingerprint density at radius 3 is 2.27 bits per heavy atom. The van der Waals surface area contributed by atoms with E-state index in [4.69, 9.17) is 11.6 Å². The first-order valence-corrected chi connectivity index (χ1v) is 12.2. The smallest absolute Gasteiger partial charge is 0.264 e. The number of nitrogens with zero attached hydrogens (tertiary/aromatic N) is 6. The maximum atomic E-state index is 13.6. The molecule has 0 bridgehead atoms. The predicted molar refractivity (Wildman–Crippen MR) is 137 cm³/mol. The van der Waals surface area contributed by atoms with Crippen LogP contribution in [0.15, 0.2) is 100 Å². The highest BCUT2D eigenvalue weighted by Gasteiger charge is 2.55. The van der Waals surface area contributed by atoms with E-state index in [-0.39, 0.29) is 18.5 Å². The van der Waals surface area contributed by atoms with Gasteiger partial charge < -0.3 is 0 Å². The summed E-state index contributed by atoms with van der Waals surface area (Å²) in [5, 5.41) is 16.0. The molecular weight excluding hydrogens is 492 g/mol. The third kappa shape index (κ3) is 4.07. The van der Waals surface area contributed by atoms with Crippen LogP contribution in [0.4, 0.5) is 5.69 Å². The lowest BCUT2D eigenvalue weighted by Gasteiger charge is -2.25. The van der Waals surface area contributed by atoms with Gasteiger partial charge in [0.05, 0.1) is 17.4 Å². The number of hydrogen-bond donors (Lipinski definition) is 0. The minimum Gasteiger partial charge on any atom is -0.271 e. The van der Waals surface area contributed by atoms with E-state index in [1.165, 1.54) is 10.0 Å². The molecule has 0 aliphatic carbocycles. The standard InChI is InChI=1S/C27H21ClN6O3/c28-19-11-13-20(14-12-19)33-26(36)24-25(27(33)37)32(31-29-24)16-23(35)34-22(18-9-5-2-6-10-18)15-21(30-34)17-7-3-1-4-8-17/h1-14,22,24-25H,15-16H2/t22-,24+,25-/m0/s1. The van der Waals surface area contributed by atoms with E-state index in [0.29, 0.717) is 17.1 Å². The molecule has 0 radical (unpaired) electrons. The predicted octanol–water partition coefficient (Wildman–Crippen LogP) is 4.01. The topological polar surface area (TPSA) is 98.0 Å². The van der Waals surface area contributed by atoms with E-state index < -0.39 is 23.9 Å². The Bertz CT molecular complexity index is 1430. The first-order chi connectivity index (χ1) is 18.0. The number of fused-ring (bicyclic) bond motifs is 1. The van der Waals surface area contributed by atoms with Crippen molar-refractivity contribution in [1.29, 1.82) is 0 Å². The molecule has 184 valence electrons. The van der Waals surface area contributed by atoms with Gasteiger partial charge in [0.15, 0.2) is 12.1 Å². The van der Waals surface area contributed by atoms with Gasteiger partial charge in [-0.2, -0.15) is 10.2 Å². The molecule has 0 spiro atoms. The highest BCUT2D eigenvalue weighted by molar-refractivity contribution is 6.31. The van der Waals surface area contributed by atoms with Crippen molar-refractivity contribution in [2.24, 2.45) is 15.4 Å². The number of benzene rings is 3. The van der Waals surface area contributed by atoms with Gasteiger partial charge in [-0.3, -0.25) is 19.4 Å². The molecule has 9 nitrogen and oxygen atoms in total. The van der Waals surface area contributed by atoms with Crippen LogP contribution in [-0.4, -0.2) is 52.1 Å². The van der Waals surface area contributed by atoms with Crippen LogP contribution in [0, 0.1) is 0 Å². The lowest BCUT2D eigenvalue weighted by molar-refractivity contribution is -0.135. The van der Waals surface area contributed by atoms with Crippen molar-refractivity contribution >= 4 is 40.7 Å². The van der Waals surface area contributed by atoms with Crippen molar-refractivity contribution in [2.45, 2.75) is 24.5 Å². The van der Waals surface area contributed by atoms with E-state index in [9.17, 15) is 14.4 Å². The minimum atomic E-state index is -0.997. The molecular formula is C27H21ClN6O3. The molecule has 10 heteroatoms. The van der Waals surface area contributed by atoms with Crippen molar-refractivity contribution in [2.75, 3.05) is 11.4 Å². The molecule has 3 aromatic rings. The zero-order valence-electron chi connectivity index (χ0n) is 19.5. The average molecular weight is 513 g/mol. The third-order valence-corrected chi connectivity index (χ3v) is 6.95. The van der Waals surface area contributed by atoms with Gasteiger partial charge in [-0.25, -0.2) is 9.91 Å². The second-order valence-electron chi connectivity index (χ2n) is 8.96.